The second-order valence-electron chi connectivity index (χ2n) is 29.6. The number of hydrogen-bond acceptors (Lipinski definition) is 3. The van der Waals surface area contributed by atoms with E-state index in [-0.39, 0.29) is 46.5 Å². The summed E-state index contributed by atoms with van der Waals surface area (Å²) in [6, 6.07) is 138. The molecule has 1 aliphatic rings. The maximum atomic E-state index is 10.6. The van der Waals surface area contributed by atoms with Gasteiger partial charge in [0.15, 0.2) is 0 Å². The van der Waals surface area contributed by atoms with Crippen molar-refractivity contribution in [3.63, 3.8) is 0 Å². The maximum absolute atomic E-state index is 10.6. The topological polar surface area (TPSA) is 43.8 Å². The summed E-state index contributed by atoms with van der Waals surface area (Å²) in [5, 5.41) is 12.1. The van der Waals surface area contributed by atoms with Crippen molar-refractivity contribution in [2.24, 2.45) is 0 Å². The molecule has 21 aromatic rings. The molecular weight excluding hydrogens is 1600 g/mol. The Balaban J connectivity index is 0.000000145. The molecule has 0 amide bonds. The molecule has 0 saturated carbocycles. The van der Waals surface area contributed by atoms with E-state index in [0.29, 0.717) is 0 Å². The molecule has 1 unspecified atom stereocenters. The first kappa shape index (κ1) is 71.4. The van der Waals surface area contributed by atoms with Gasteiger partial charge in [0.25, 0.3) is 0 Å². The molecule has 6 nitrogen and oxygen atoms in total. The summed E-state index contributed by atoms with van der Waals surface area (Å²) < 4.78 is 17.7. The van der Waals surface area contributed by atoms with Crippen molar-refractivity contribution >= 4 is 157 Å². The SMILES string of the molecule is CC1(C)c2ccccc2-c2ccc(N(c3ccc(-c4ccccc4)cc3)c3ccc(-c4ccc5c(c4)c4ccccc4n5-c4ccccc4)cc3)cc21.[B]PCF.[BiH2].c1ccc(-n2c3ccccc3c3cc(-c4ccc5c(c4)c4ccccc4n5-c4cccc(-c5cnc6c7ccccc7c7ccccc7c6n5)c4)ccc32)cc1. The third kappa shape index (κ3) is 12.4. The summed E-state index contributed by atoms with van der Waals surface area (Å²) in [5.41, 5.74) is 30.3. The van der Waals surface area contributed by atoms with Crippen LogP contribution in [0.3, 0.4) is 0 Å². The van der Waals surface area contributed by atoms with Crippen LogP contribution in [0.15, 0.2) is 388 Å². The first-order chi connectivity index (χ1) is 55.7. The summed E-state index contributed by atoms with van der Waals surface area (Å²) in [4.78, 5) is 12.7. The number of nitrogens with zero attached hydrogens (tertiary/aromatic N) is 6. The number of halogens is 1. The van der Waals surface area contributed by atoms with Gasteiger partial charge in [-0.05, 0) is 194 Å². The van der Waals surface area contributed by atoms with Gasteiger partial charge in [0.1, 0.15) is 7.57 Å². The number of hydrogen-bond donors (Lipinski definition) is 0. The molecule has 0 bridgehead atoms. The van der Waals surface area contributed by atoms with E-state index in [1.165, 1.54) is 138 Å². The van der Waals surface area contributed by atoms with Crippen molar-refractivity contribution in [3.05, 3.63) is 400 Å². The Bertz CT molecular complexity index is 7210. The molecule has 17 aromatic carbocycles. The molecule has 541 valence electrons. The summed E-state index contributed by atoms with van der Waals surface area (Å²) in [6.45, 7) is 4.70. The van der Waals surface area contributed by atoms with E-state index < -0.39 is 0 Å². The standard InChI is InChI=1S/C52H32N4.C51H38N2.CH3BFP.Bi.2H/c1-2-14-36(15-3-1)55-47-23-10-8-19-40(47)44-30-33(25-27-49(44)55)34-26-28-50-45(31-34)41-20-9-11-24-48(41)56(50)37-16-12-13-35(29-37)46-32-53-51-42-21-6-4-17-38(42)39-18-5-7-22-43(39)52(51)54-46;1-51(2)47-19-11-9-17-43(47)44-31-30-42(34-48(44)51)52(40-26-21-36(22-27-40)35-13-5-3-6-14-35)41-28-23-37(24-29-41)38-25-32-50-46(33-38)45-18-10-12-20-49(45)53(50)39-15-7-4-8-16-39;2-4-1-3;;;/h1-32H;3-34H,1-2H3;4H,1H2;;;. The number of benzene rings is 17. The first-order valence-electron chi connectivity index (χ1n) is 38.4. The van der Waals surface area contributed by atoms with E-state index in [1.54, 1.807) is 0 Å². The van der Waals surface area contributed by atoms with Crippen molar-refractivity contribution in [2.45, 2.75) is 19.3 Å². The van der Waals surface area contributed by atoms with Gasteiger partial charge >= 0.3 is 26.2 Å². The molecule has 0 fully saturated rings. The van der Waals surface area contributed by atoms with E-state index >= 15 is 0 Å². The van der Waals surface area contributed by atoms with Gasteiger partial charge in [0.2, 0.25) is 0 Å². The van der Waals surface area contributed by atoms with Crippen LogP contribution in [0.2, 0.25) is 0 Å². The monoisotopic (exact) mass is 1680 g/mol. The average Bonchev–Trinajstić information content (AvgIpc) is 1.71. The predicted molar refractivity (Wildman–Crippen MR) is 487 cm³/mol. The number of alkyl halides is 1. The second-order valence-corrected chi connectivity index (χ2v) is 30.2. The second kappa shape index (κ2) is 30.0. The minimum Gasteiger partial charge on any atom is -0.309 e. The van der Waals surface area contributed by atoms with Gasteiger partial charge in [-0.15, -0.1) is 8.46 Å². The van der Waals surface area contributed by atoms with Gasteiger partial charge in [0.05, 0.1) is 62.4 Å². The van der Waals surface area contributed by atoms with Crippen molar-refractivity contribution < 1.29 is 4.39 Å². The molecule has 3 radical (unpaired) electrons. The first-order valence-corrected chi connectivity index (χ1v) is 39.7. The Morgan fingerprint density at radius 3 is 1.18 bits per heavy atom. The van der Waals surface area contributed by atoms with Crippen LogP contribution in [0.4, 0.5) is 21.5 Å². The van der Waals surface area contributed by atoms with Crippen LogP contribution >= 0.6 is 8.46 Å². The number of para-hydroxylation sites is 5. The zero-order valence-corrected chi connectivity index (χ0v) is 68.4. The molecule has 10 heteroatoms. The Labute approximate surface area is 683 Å². The number of aromatic nitrogens is 5. The van der Waals surface area contributed by atoms with Crippen LogP contribution in [-0.2, 0) is 5.41 Å². The Morgan fingerprint density at radius 1 is 0.307 bits per heavy atom. The van der Waals surface area contributed by atoms with Crippen LogP contribution in [0, 0.1) is 0 Å². The van der Waals surface area contributed by atoms with Gasteiger partial charge in [-0.25, -0.2) is 9.37 Å². The van der Waals surface area contributed by atoms with E-state index in [4.69, 9.17) is 9.97 Å². The van der Waals surface area contributed by atoms with E-state index in [0.717, 1.165) is 61.3 Å². The predicted octanol–water partition coefficient (Wildman–Crippen LogP) is 27.1. The van der Waals surface area contributed by atoms with Gasteiger partial charge in [-0.2, -0.15) is 0 Å². The molecule has 4 aromatic heterocycles. The summed E-state index contributed by atoms with van der Waals surface area (Å²) in [7, 11) is 4.65. The normalized spacial score (nSPS) is 12.2. The molecule has 0 saturated heterocycles. The van der Waals surface area contributed by atoms with Crippen molar-refractivity contribution in [2.75, 3.05) is 11.3 Å². The minimum atomic E-state index is -0.375. The zero-order valence-electron chi connectivity index (χ0n) is 62.9. The van der Waals surface area contributed by atoms with Crippen molar-refractivity contribution in [1.82, 2.24) is 23.7 Å². The van der Waals surface area contributed by atoms with Crippen LogP contribution < -0.4 is 4.90 Å². The third-order valence-electron chi connectivity index (χ3n) is 22.8. The third-order valence-corrected chi connectivity index (χ3v) is 23.0. The summed E-state index contributed by atoms with van der Waals surface area (Å²) >= 11 is 0. The quantitative estimate of drug-likeness (QED) is 0.0736. The molecular formula is C104H75BBiFN6P. The number of anilines is 3. The molecule has 22 rings (SSSR count). The molecule has 0 N–H and O–H groups in total. The Morgan fingerprint density at radius 2 is 0.667 bits per heavy atom. The van der Waals surface area contributed by atoms with Crippen molar-refractivity contribution in [1.29, 1.82) is 0 Å². The van der Waals surface area contributed by atoms with Gasteiger partial charge in [0, 0.05) is 88.2 Å². The van der Waals surface area contributed by atoms with E-state index in [1.807, 2.05) is 6.20 Å². The van der Waals surface area contributed by atoms with Crippen LogP contribution in [-0.4, -0.2) is 63.9 Å². The summed E-state index contributed by atoms with van der Waals surface area (Å²) in [5.74, 6) is 0. The number of rotatable bonds is 11. The van der Waals surface area contributed by atoms with E-state index in [2.05, 4.69) is 422 Å². The average molecular weight is 1680 g/mol. The smallest absolute Gasteiger partial charge is 0.0979 e. The fourth-order valence-corrected chi connectivity index (χ4v) is 17.5. The minimum absolute atomic E-state index is 0. The van der Waals surface area contributed by atoms with Gasteiger partial charge in [-0.3, -0.25) is 4.98 Å². The van der Waals surface area contributed by atoms with Crippen LogP contribution in [0.1, 0.15) is 25.0 Å². The molecule has 0 aliphatic heterocycles. The number of fused-ring (bicyclic) bond motifs is 18. The fraction of sp³-hybridized carbons (Fsp3) is 0.0385. The largest absolute Gasteiger partial charge is 0.309 e. The zero-order chi connectivity index (χ0) is 75.7. The van der Waals surface area contributed by atoms with Gasteiger partial charge in [-0.1, -0.05) is 269 Å². The van der Waals surface area contributed by atoms with Crippen LogP contribution in [0.5, 0.6) is 0 Å². The molecule has 114 heavy (non-hydrogen) atoms. The maximum Gasteiger partial charge on any atom is 0.0979 e. The van der Waals surface area contributed by atoms with Gasteiger partial charge < -0.3 is 18.6 Å². The van der Waals surface area contributed by atoms with E-state index in [9.17, 15) is 4.39 Å². The Hall–Kier alpha value is -12.9. The fourth-order valence-electron chi connectivity index (χ4n) is 17.5. The Kier molecular flexibility index (Phi) is 18.8. The molecule has 1 aliphatic carbocycles. The van der Waals surface area contributed by atoms with Crippen LogP contribution in [0.25, 0.3) is 171 Å². The summed E-state index contributed by atoms with van der Waals surface area (Å²) in [6.07, 6.45) is 1.55. The molecule has 4 heterocycles. The van der Waals surface area contributed by atoms with Crippen molar-refractivity contribution in [3.8, 4) is 72.8 Å². The molecule has 0 spiro atoms. The molecule has 1 atom stereocenters.